The average molecular weight is 705 g/mol. The van der Waals surface area contributed by atoms with Crippen LogP contribution in [-0.4, -0.2) is 20.4 Å². The smallest absolute Gasteiger partial charge is 0.149 e. The average Bonchev–Trinajstić information content (AvgIpc) is 3.54. The lowest BCUT2D eigenvalue weighted by atomic mass is 9.74. The number of phenols is 2. The molecule has 2 atom stereocenters. The van der Waals surface area contributed by atoms with Gasteiger partial charge < -0.3 is 20.4 Å². The van der Waals surface area contributed by atoms with E-state index in [9.17, 15) is 20.4 Å². The molecule has 0 aliphatic heterocycles. The zero-order valence-electron chi connectivity index (χ0n) is 32.4. The van der Waals surface area contributed by atoms with Crippen molar-refractivity contribution in [1.29, 1.82) is 0 Å². The van der Waals surface area contributed by atoms with Crippen molar-refractivity contribution in [1.82, 2.24) is 0 Å². The normalized spacial score (nSPS) is 15.3. The third-order valence-corrected chi connectivity index (χ3v) is 11.3. The standard InChI is InChI=1S/C46H56O4S/c1-41(2,3)33-25-31(26-34(39(33)47)42(4,5)6)45(49,29-19-15-13-16-20-29)37-23-24-38(51-37)46(50,30-21-17-14-18-22-30)32-27-35(43(7,8)9)40(48)36(28-32)44(10,11)12/h13-28,47-50H,1-12H3. The molecule has 1 aromatic heterocycles. The van der Waals surface area contributed by atoms with Gasteiger partial charge in [-0.1, -0.05) is 144 Å². The van der Waals surface area contributed by atoms with Gasteiger partial charge in [0.1, 0.15) is 22.7 Å². The molecule has 4 aromatic carbocycles. The SMILES string of the molecule is CC(C)(C)c1cc(C(O)(c2ccccc2)c2ccc(C(O)(c3ccccc3)c3cc(C(C)(C)C)c(O)c(C(C)(C)C)c3)s2)cc(C(C)(C)C)c1O. The van der Waals surface area contributed by atoms with Crippen molar-refractivity contribution in [3.63, 3.8) is 0 Å². The number of phenolic OH excluding ortho intramolecular Hbond substituents is 2. The van der Waals surface area contributed by atoms with Crippen LogP contribution in [-0.2, 0) is 32.9 Å². The third kappa shape index (κ3) is 7.01. The van der Waals surface area contributed by atoms with E-state index in [1.165, 1.54) is 11.3 Å². The minimum absolute atomic E-state index is 0.246. The molecule has 0 aliphatic carbocycles. The monoisotopic (exact) mass is 704 g/mol. The van der Waals surface area contributed by atoms with E-state index in [4.69, 9.17) is 0 Å². The summed E-state index contributed by atoms with van der Waals surface area (Å²) in [6.07, 6.45) is 0. The summed E-state index contributed by atoms with van der Waals surface area (Å²) in [5.41, 5.74) is 0.839. The van der Waals surface area contributed by atoms with Crippen LogP contribution in [0.4, 0.5) is 0 Å². The Hall–Kier alpha value is -3.90. The summed E-state index contributed by atoms with van der Waals surface area (Å²) in [7, 11) is 0. The van der Waals surface area contributed by atoms with E-state index < -0.39 is 32.9 Å². The predicted molar refractivity (Wildman–Crippen MR) is 212 cm³/mol. The first-order chi connectivity index (χ1) is 23.4. The Morgan fingerprint density at radius 1 is 0.373 bits per heavy atom. The molecule has 0 amide bonds. The summed E-state index contributed by atoms with van der Waals surface area (Å²) in [4.78, 5) is 1.27. The van der Waals surface area contributed by atoms with Crippen LogP contribution in [0.25, 0.3) is 0 Å². The van der Waals surface area contributed by atoms with Gasteiger partial charge in [-0.2, -0.15) is 0 Å². The van der Waals surface area contributed by atoms with Crippen molar-refractivity contribution in [2.45, 2.75) is 116 Å². The second-order valence-electron chi connectivity index (χ2n) is 18.2. The molecule has 0 aliphatic rings. The van der Waals surface area contributed by atoms with Crippen LogP contribution in [0.15, 0.2) is 97.1 Å². The zero-order chi connectivity index (χ0) is 37.9. The Morgan fingerprint density at radius 2 is 0.627 bits per heavy atom. The highest BCUT2D eigenvalue weighted by Crippen LogP contribution is 2.50. The van der Waals surface area contributed by atoms with Gasteiger partial charge in [0.05, 0.1) is 0 Å². The Balaban J connectivity index is 1.86. The van der Waals surface area contributed by atoms with Crippen LogP contribution in [0.5, 0.6) is 11.5 Å². The van der Waals surface area contributed by atoms with Crippen molar-refractivity contribution in [3.05, 3.63) is 151 Å². The highest BCUT2D eigenvalue weighted by Gasteiger charge is 2.43. The van der Waals surface area contributed by atoms with Gasteiger partial charge in [-0.3, -0.25) is 0 Å². The molecule has 1 heterocycles. The van der Waals surface area contributed by atoms with Gasteiger partial charge in [0.15, 0.2) is 0 Å². The van der Waals surface area contributed by atoms with E-state index in [2.05, 4.69) is 83.1 Å². The van der Waals surface area contributed by atoms with E-state index in [-0.39, 0.29) is 11.5 Å². The molecule has 5 aromatic rings. The van der Waals surface area contributed by atoms with Gasteiger partial charge in [0, 0.05) is 9.75 Å². The molecule has 4 N–H and O–H groups in total. The van der Waals surface area contributed by atoms with E-state index in [0.717, 1.165) is 22.3 Å². The first-order valence-electron chi connectivity index (χ1n) is 17.8. The van der Waals surface area contributed by atoms with E-state index in [1.54, 1.807) is 0 Å². The highest BCUT2D eigenvalue weighted by molar-refractivity contribution is 7.12. The predicted octanol–water partition coefficient (Wildman–Crippen LogP) is 10.9. The lowest BCUT2D eigenvalue weighted by Crippen LogP contribution is -2.31. The second kappa shape index (κ2) is 12.9. The van der Waals surface area contributed by atoms with Gasteiger partial charge in [-0.25, -0.2) is 0 Å². The van der Waals surface area contributed by atoms with Gasteiger partial charge in [-0.05, 0) is 103 Å². The largest absolute Gasteiger partial charge is 0.507 e. The van der Waals surface area contributed by atoms with Crippen LogP contribution >= 0.6 is 11.3 Å². The second-order valence-corrected chi connectivity index (χ2v) is 19.2. The molecule has 5 rings (SSSR count). The van der Waals surface area contributed by atoms with Crippen LogP contribution in [0.2, 0.25) is 0 Å². The lowest BCUT2D eigenvalue weighted by Gasteiger charge is -2.35. The molecule has 0 bridgehead atoms. The number of rotatable bonds is 6. The van der Waals surface area contributed by atoms with Crippen molar-refractivity contribution in [2.75, 3.05) is 0 Å². The maximum Gasteiger partial charge on any atom is 0.149 e. The van der Waals surface area contributed by atoms with Gasteiger partial charge in [0.2, 0.25) is 0 Å². The number of benzene rings is 4. The Kier molecular flexibility index (Phi) is 9.73. The Bertz CT molecular complexity index is 1800. The number of hydrogen-bond donors (Lipinski definition) is 4. The molecule has 270 valence electrons. The van der Waals surface area contributed by atoms with Crippen molar-refractivity contribution >= 4 is 11.3 Å². The number of aliphatic hydroxyl groups is 2. The molecular formula is C46H56O4S. The topological polar surface area (TPSA) is 80.9 Å². The molecule has 0 radical (unpaired) electrons. The van der Waals surface area contributed by atoms with Crippen molar-refractivity contribution in [3.8, 4) is 11.5 Å². The van der Waals surface area contributed by atoms with E-state index >= 15 is 0 Å². The third-order valence-electron chi connectivity index (χ3n) is 9.99. The summed E-state index contributed by atoms with van der Waals surface area (Å²) in [6.45, 7) is 24.8. The van der Waals surface area contributed by atoms with Crippen LogP contribution < -0.4 is 0 Å². The van der Waals surface area contributed by atoms with Gasteiger partial charge in [0.25, 0.3) is 0 Å². The molecule has 4 nitrogen and oxygen atoms in total. The van der Waals surface area contributed by atoms with Crippen molar-refractivity contribution in [2.24, 2.45) is 0 Å². The Labute approximate surface area is 309 Å². The van der Waals surface area contributed by atoms with E-state index in [0.29, 0.717) is 32.0 Å². The summed E-state index contributed by atoms with van der Waals surface area (Å²) in [5, 5.41) is 49.7. The Morgan fingerprint density at radius 3 is 0.863 bits per heavy atom. The van der Waals surface area contributed by atoms with Crippen LogP contribution in [0.3, 0.4) is 0 Å². The quantitative estimate of drug-likeness (QED) is 0.142. The number of thiophene rings is 1. The number of hydrogen-bond acceptors (Lipinski definition) is 5. The van der Waals surface area contributed by atoms with Crippen molar-refractivity contribution < 1.29 is 20.4 Å². The molecular weight excluding hydrogens is 649 g/mol. The maximum atomic E-state index is 13.3. The van der Waals surface area contributed by atoms with Crippen LogP contribution in [0, 0.1) is 0 Å². The number of aromatic hydroxyl groups is 2. The fraction of sp³-hybridized carbons (Fsp3) is 0.391. The van der Waals surface area contributed by atoms with E-state index in [1.807, 2.05) is 97.1 Å². The molecule has 0 fully saturated rings. The summed E-state index contributed by atoms with van der Waals surface area (Å²) < 4.78 is 0. The molecule has 0 spiro atoms. The molecule has 0 saturated carbocycles. The maximum absolute atomic E-state index is 13.3. The summed E-state index contributed by atoms with van der Waals surface area (Å²) in [6, 6.07) is 30.8. The zero-order valence-corrected chi connectivity index (χ0v) is 33.3. The summed E-state index contributed by atoms with van der Waals surface area (Å²) >= 11 is 1.36. The fourth-order valence-corrected chi connectivity index (χ4v) is 8.24. The molecule has 2 unspecified atom stereocenters. The van der Waals surface area contributed by atoms with Crippen LogP contribution in [0.1, 0.15) is 137 Å². The minimum Gasteiger partial charge on any atom is -0.507 e. The molecule has 51 heavy (non-hydrogen) atoms. The van der Waals surface area contributed by atoms with Gasteiger partial charge in [-0.15, -0.1) is 11.3 Å². The fourth-order valence-electron chi connectivity index (χ4n) is 6.96. The molecule has 5 heteroatoms. The van der Waals surface area contributed by atoms with Gasteiger partial charge >= 0.3 is 0 Å². The summed E-state index contributed by atoms with van der Waals surface area (Å²) in [5.74, 6) is 0.493. The highest BCUT2D eigenvalue weighted by atomic mass is 32.1. The first-order valence-corrected chi connectivity index (χ1v) is 18.7. The first kappa shape index (κ1) is 38.3. The molecule has 0 saturated heterocycles. The lowest BCUT2D eigenvalue weighted by molar-refractivity contribution is 0.128. The minimum atomic E-state index is -1.61.